The Hall–Kier alpha value is -3.86. The van der Waals surface area contributed by atoms with Crippen molar-refractivity contribution in [3.63, 3.8) is 0 Å². The minimum Gasteiger partial charge on any atom is -0.494 e. The van der Waals surface area contributed by atoms with Gasteiger partial charge in [0.15, 0.2) is 5.82 Å². The molecule has 0 unspecified atom stereocenters. The molecule has 5 N–H and O–H groups in total. The normalized spacial score (nSPS) is 13.8. The highest BCUT2D eigenvalue weighted by molar-refractivity contribution is 5.92. The second-order valence-corrected chi connectivity index (χ2v) is 6.58. The molecule has 4 rings (SSSR count). The monoisotopic (exact) mass is 410 g/mol. The van der Waals surface area contributed by atoms with Crippen LogP contribution in [0, 0.1) is 0 Å². The van der Waals surface area contributed by atoms with Crippen molar-refractivity contribution in [2.75, 3.05) is 49.4 Å². The molecule has 0 atom stereocenters. The third-order valence-corrected chi connectivity index (χ3v) is 4.69. The molecule has 11 heteroatoms. The molecule has 3 aromatic rings. The number of rotatable bonds is 6. The van der Waals surface area contributed by atoms with Crippen LogP contribution in [0.1, 0.15) is 10.4 Å². The van der Waals surface area contributed by atoms with E-state index in [4.69, 9.17) is 20.9 Å². The molecule has 0 saturated carbocycles. The lowest BCUT2D eigenvalue weighted by Gasteiger charge is -2.29. The first-order chi connectivity index (χ1) is 14.5. The van der Waals surface area contributed by atoms with Gasteiger partial charge >= 0.3 is 0 Å². The number of anilines is 4. The van der Waals surface area contributed by atoms with Gasteiger partial charge in [0.2, 0.25) is 17.8 Å². The lowest BCUT2D eigenvalue weighted by atomic mass is 10.2. The van der Waals surface area contributed by atoms with E-state index in [1.165, 1.54) is 10.9 Å². The van der Waals surface area contributed by atoms with Gasteiger partial charge in [-0.05, 0) is 24.3 Å². The number of amides is 1. The van der Waals surface area contributed by atoms with Gasteiger partial charge in [-0.1, -0.05) is 0 Å². The maximum Gasteiger partial charge on any atom is 0.250 e. The van der Waals surface area contributed by atoms with Gasteiger partial charge in [-0.3, -0.25) is 4.79 Å². The van der Waals surface area contributed by atoms with Crippen LogP contribution in [0.4, 0.5) is 23.3 Å². The number of hydrogen-bond acceptors (Lipinski definition) is 9. The zero-order valence-electron chi connectivity index (χ0n) is 16.4. The van der Waals surface area contributed by atoms with Crippen molar-refractivity contribution in [3.05, 3.63) is 42.1 Å². The average Bonchev–Trinajstić information content (AvgIpc) is 3.14. The molecule has 1 aromatic carbocycles. The number of hydrogen-bond donors (Lipinski definition) is 3. The van der Waals surface area contributed by atoms with Gasteiger partial charge in [0.1, 0.15) is 5.75 Å². The SMILES string of the molecule is COc1cc(N2CCOCC2)ccc1Nc1nc(N)n(-c2ccc(C(N)=O)cn2)n1. The van der Waals surface area contributed by atoms with Crippen LogP contribution >= 0.6 is 0 Å². The first-order valence-corrected chi connectivity index (χ1v) is 9.31. The molecule has 2 aromatic heterocycles. The number of primary amides is 1. The third kappa shape index (κ3) is 3.96. The summed E-state index contributed by atoms with van der Waals surface area (Å²) in [5, 5.41) is 7.47. The predicted molar refractivity (Wildman–Crippen MR) is 111 cm³/mol. The number of ether oxygens (including phenoxy) is 2. The Morgan fingerprint density at radius 2 is 2.03 bits per heavy atom. The summed E-state index contributed by atoms with van der Waals surface area (Å²) in [5.41, 5.74) is 13.3. The summed E-state index contributed by atoms with van der Waals surface area (Å²) >= 11 is 0. The quantitative estimate of drug-likeness (QED) is 0.540. The van der Waals surface area contributed by atoms with Gasteiger partial charge in [-0.15, -0.1) is 5.10 Å². The van der Waals surface area contributed by atoms with Crippen LogP contribution < -0.4 is 26.4 Å². The number of carbonyl (C=O) groups excluding carboxylic acids is 1. The summed E-state index contributed by atoms with van der Waals surface area (Å²) in [4.78, 5) is 21.8. The standard InChI is InChI=1S/C19H22N8O3/c1-29-15-10-13(26-6-8-30-9-7-26)3-4-14(15)23-19-24-18(21)27(25-19)16-5-2-12(11-22-16)17(20)28/h2-5,10-11H,6-9H2,1H3,(H2,20,28)(H3,21,23,24,25). The Morgan fingerprint density at radius 1 is 1.23 bits per heavy atom. The topological polar surface area (TPSA) is 146 Å². The summed E-state index contributed by atoms with van der Waals surface area (Å²) < 4.78 is 12.3. The highest BCUT2D eigenvalue weighted by atomic mass is 16.5. The van der Waals surface area contributed by atoms with Crippen molar-refractivity contribution < 1.29 is 14.3 Å². The molecule has 30 heavy (non-hydrogen) atoms. The van der Waals surface area contributed by atoms with Gasteiger partial charge in [0.25, 0.3) is 0 Å². The van der Waals surface area contributed by atoms with Gasteiger partial charge in [-0.2, -0.15) is 9.67 Å². The van der Waals surface area contributed by atoms with Crippen molar-refractivity contribution in [2.24, 2.45) is 5.73 Å². The predicted octanol–water partition coefficient (Wildman–Crippen LogP) is 0.932. The fourth-order valence-corrected chi connectivity index (χ4v) is 3.12. The van der Waals surface area contributed by atoms with Crippen molar-refractivity contribution in [1.29, 1.82) is 0 Å². The van der Waals surface area contributed by atoms with E-state index in [1.54, 1.807) is 19.2 Å². The van der Waals surface area contributed by atoms with Crippen molar-refractivity contribution in [1.82, 2.24) is 19.7 Å². The Morgan fingerprint density at radius 3 is 2.70 bits per heavy atom. The molecular weight excluding hydrogens is 388 g/mol. The first kappa shape index (κ1) is 19.5. The fraction of sp³-hybridized carbons (Fsp3) is 0.263. The lowest BCUT2D eigenvalue weighted by molar-refractivity contribution is 0.1000. The minimum atomic E-state index is -0.560. The van der Waals surface area contributed by atoms with Gasteiger partial charge in [-0.25, -0.2) is 4.98 Å². The Balaban J connectivity index is 1.55. The van der Waals surface area contributed by atoms with Gasteiger partial charge < -0.3 is 31.2 Å². The summed E-state index contributed by atoms with van der Waals surface area (Å²) in [6.07, 6.45) is 1.36. The number of nitrogens with two attached hydrogens (primary N) is 2. The zero-order chi connectivity index (χ0) is 21.1. The van der Waals surface area contributed by atoms with Gasteiger partial charge in [0.05, 0.1) is 31.6 Å². The second kappa shape index (κ2) is 8.25. The van der Waals surface area contributed by atoms with Crippen LogP contribution in [0.2, 0.25) is 0 Å². The molecule has 11 nitrogen and oxygen atoms in total. The molecule has 1 aliphatic rings. The summed E-state index contributed by atoms with van der Waals surface area (Å²) in [6, 6.07) is 9.00. The molecule has 1 saturated heterocycles. The second-order valence-electron chi connectivity index (χ2n) is 6.58. The smallest absolute Gasteiger partial charge is 0.250 e. The number of nitrogens with one attached hydrogen (secondary N) is 1. The minimum absolute atomic E-state index is 0.140. The number of pyridine rings is 1. The van der Waals surface area contributed by atoms with E-state index in [2.05, 4.69) is 25.3 Å². The van der Waals surface area contributed by atoms with E-state index >= 15 is 0 Å². The summed E-state index contributed by atoms with van der Waals surface area (Å²) in [5.74, 6) is 0.924. The summed E-state index contributed by atoms with van der Waals surface area (Å²) in [7, 11) is 1.61. The number of methoxy groups -OCH3 is 1. The maximum atomic E-state index is 11.2. The number of carbonyl (C=O) groups is 1. The molecule has 0 bridgehead atoms. The van der Waals surface area contributed by atoms with Crippen molar-refractivity contribution >= 4 is 29.2 Å². The zero-order valence-corrected chi connectivity index (χ0v) is 16.4. The van der Waals surface area contributed by atoms with Crippen LogP contribution in [0.5, 0.6) is 5.75 Å². The third-order valence-electron chi connectivity index (χ3n) is 4.69. The first-order valence-electron chi connectivity index (χ1n) is 9.31. The van der Waals surface area contributed by atoms with Crippen LogP contribution in [0.15, 0.2) is 36.5 Å². The van der Waals surface area contributed by atoms with Crippen LogP contribution in [0.25, 0.3) is 5.82 Å². The highest BCUT2D eigenvalue weighted by Gasteiger charge is 2.16. The number of nitrogen functional groups attached to an aromatic ring is 1. The number of benzene rings is 1. The average molecular weight is 410 g/mol. The van der Waals surface area contributed by atoms with Crippen LogP contribution in [-0.4, -0.2) is 59.1 Å². The number of morpholine rings is 1. The molecule has 156 valence electrons. The van der Waals surface area contributed by atoms with E-state index in [1.807, 2.05) is 18.2 Å². The highest BCUT2D eigenvalue weighted by Crippen LogP contribution is 2.32. The number of aromatic nitrogens is 4. The van der Waals surface area contributed by atoms with E-state index in [9.17, 15) is 4.79 Å². The fourth-order valence-electron chi connectivity index (χ4n) is 3.12. The molecule has 0 spiro atoms. The van der Waals surface area contributed by atoms with Gasteiger partial charge in [0, 0.05) is 31.0 Å². The summed E-state index contributed by atoms with van der Waals surface area (Å²) in [6.45, 7) is 3.08. The molecule has 3 heterocycles. The maximum absolute atomic E-state index is 11.2. The molecular formula is C19H22N8O3. The molecule has 1 amide bonds. The van der Waals surface area contributed by atoms with E-state index in [-0.39, 0.29) is 11.9 Å². The van der Waals surface area contributed by atoms with Crippen LogP contribution in [0.3, 0.4) is 0 Å². The van der Waals surface area contributed by atoms with E-state index in [0.717, 1.165) is 18.8 Å². The molecule has 1 aliphatic heterocycles. The van der Waals surface area contributed by atoms with E-state index < -0.39 is 5.91 Å². The molecule has 1 fully saturated rings. The molecule has 0 radical (unpaired) electrons. The molecule has 0 aliphatic carbocycles. The Labute approximate surface area is 172 Å². The Bertz CT molecular complexity index is 1040. The number of nitrogens with zero attached hydrogens (tertiary/aromatic N) is 5. The van der Waals surface area contributed by atoms with Crippen LogP contribution in [-0.2, 0) is 4.74 Å². The van der Waals surface area contributed by atoms with E-state index in [0.29, 0.717) is 36.0 Å². The lowest BCUT2D eigenvalue weighted by Crippen LogP contribution is -2.36. The largest absolute Gasteiger partial charge is 0.494 e. The Kier molecular flexibility index (Phi) is 5.35. The van der Waals surface area contributed by atoms with Crippen molar-refractivity contribution in [3.8, 4) is 11.6 Å². The van der Waals surface area contributed by atoms with Crippen molar-refractivity contribution in [2.45, 2.75) is 0 Å².